The lowest BCUT2D eigenvalue weighted by Crippen LogP contribution is -2.30. The molecule has 4 atom stereocenters. The molecule has 0 spiro atoms. The van der Waals surface area contributed by atoms with Gasteiger partial charge in [-0.15, -0.1) is 6.42 Å². The molecular formula is C20H19N5O3. The summed E-state index contributed by atoms with van der Waals surface area (Å²) in [5.74, 6) is 2.97. The number of rotatable bonds is 3. The van der Waals surface area contributed by atoms with E-state index in [9.17, 15) is 10.2 Å². The highest BCUT2D eigenvalue weighted by Gasteiger charge is 2.43. The lowest BCUT2D eigenvalue weighted by Gasteiger charge is -2.16. The Kier molecular flexibility index (Phi) is 4.02. The number of benzene rings is 1. The number of aliphatic hydroxyl groups is 2. The Morgan fingerprint density at radius 2 is 1.86 bits per heavy atom. The normalized spacial score (nSPS) is 27.0. The van der Waals surface area contributed by atoms with Crippen molar-refractivity contribution >= 4 is 17.0 Å². The predicted molar refractivity (Wildman–Crippen MR) is 101 cm³/mol. The van der Waals surface area contributed by atoms with Crippen LogP contribution in [0, 0.1) is 12.3 Å². The van der Waals surface area contributed by atoms with E-state index in [0.717, 1.165) is 12.8 Å². The number of nitrogens with one attached hydrogen (secondary N) is 1. The number of terminal acetylenes is 1. The van der Waals surface area contributed by atoms with E-state index in [4.69, 9.17) is 11.2 Å². The molecule has 28 heavy (non-hydrogen) atoms. The molecular weight excluding hydrogens is 358 g/mol. The van der Waals surface area contributed by atoms with Crippen molar-refractivity contribution in [3.05, 3.63) is 48.0 Å². The second-order valence-corrected chi connectivity index (χ2v) is 7.16. The molecule has 0 saturated carbocycles. The Morgan fingerprint density at radius 1 is 1.11 bits per heavy atom. The van der Waals surface area contributed by atoms with Gasteiger partial charge >= 0.3 is 0 Å². The zero-order chi connectivity index (χ0) is 19.3. The van der Waals surface area contributed by atoms with E-state index in [-0.39, 0.29) is 6.04 Å². The maximum atomic E-state index is 10.3. The summed E-state index contributed by atoms with van der Waals surface area (Å²) in [6, 6.07) is 8.62. The fourth-order valence-corrected chi connectivity index (χ4v) is 4.03. The topological polar surface area (TPSA) is 105 Å². The Hall–Kier alpha value is -2.99. The van der Waals surface area contributed by atoms with Crippen LogP contribution in [0.15, 0.2) is 36.9 Å². The predicted octanol–water partition coefficient (Wildman–Crippen LogP) is 0.658. The SMILES string of the molecule is C#C[C@H]1O[C@@H](n2cnc3c(NC4Cc5ccccc5C4)ncnc32)[C@H](O)[C@@H]1O. The van der Waals surface area contributed by atoms with Gasteiger partial charge in [0.25, 0.3) is 0 Å². The number of hydrogen-bond acceptors (Lipinski definition) is 7. The van der Waals surface area contributed by atoms with Gasteiger partial charge in [0.15, 0.2) is 23.2 Å². The first-order chi connectivity index (χ1) is 13.7. The highest BCUT2D eigenvalue weighted by Crippen LogP contribution is 2.32. The summed E-state index contributed by atoms with van der Waals surface area (Å²) in [7, 11) is 0. The van der Waals surface area contributed by atoms with E-state index in [1.807, 2.05) is 0 Å². The first-order valence-corrected chi connectivity index (χ1v) is 9.14. The van der Waals surface area contributed by atoms with Crippen LogP contribution in [0.4, 0.5) is 5.82 Å². The number of hydrogen-bond donors (Lipinski definition) is 3. The van der Waals surface area contributed by atoms with Crippen LogP contribution in [-0.2, 0) is 17.6 Å². The second-order valence-electron chi connectivity index (χ2n) is 7.16. The number of aromatic nitrogens is 4. The van der Waals surface area contributed by atoms with Crippen LogP contribution < -0.4 is 5.32 Å². The van der Waals surface area contributed by atoms with Gasteiger partial charge in [0.1, 0.15) is 24.6 Å². The van der Waals surface area contributed by atoms with Gasteiger partial charge in [0, 0.05) is 6.04 Å². The van der Waals surface area contributed by atoms with Crippen molar-refractivity contribution in [1.29, 1.82) is 0 Å². The molecule has 1 aliphatic heterocycles. The van der Waals surface area contributed by atoms with Gasteiger partial charge < -0.3 is 20.3 Å². The third-order valence-electron chi connectivity index (χ3n) is 5.43. The number of anilines is 1. The van der Waals surface area contributed by atoms with E-state index >= 15 is 0 Å². The molecule has 142 valence electrons. The minimum absolute atomic E-state index is 0.224. The Labute approximate surface area is 161 Å². The highest BCUT2D eigenvalue weighted by atomic mass is 16.6. The zero-order valence-corrected chi connectivity index (χ0v) is 14.9. The standard InChI is InChI=1S/C20H19N5O3/c1-2-14-16(26)17(27)20(28-14)25-10-23-15-18(21-9-22-19(15)25)24-13-7-11-5-3-4-6-12(11)8-13/h1,3-6,9-10,13-14,16-17,20,26-27H,7-8H2,(H,21,22,24)/t14-,16-,17-,20-/m1/s1. The summed E-state index contributed by atoms with van der Waals surface area (Å²) in [5, 5.41) is 23.8. The van der Waals surface area contributed by atoms with Crippen molar-refractivity contribution in [2.24, 2.45) is 0 Å². The summed E-state index contributed by atoms with van der Waals surface area (Å²) < 4.78 is 7.19. The molecule has 0 bridgehead atoms. The minimum atomic E-state index is -1.17. The largest absolute Gasteiger partial charge is 0.386 e. The molecule has 8 heteroatoms. The molecule has 2 aromatic heterocycles. The lowest BCUT2D eigenvalue weighted by atomic mass is 10.1. The van der Waals surface area contributed by atoms with Crippen LogP contribution in [0.25, 0.3) is 11.2 Å². The van der Waals surface area contributed by atoms with Crippen molar-refractivity contribution in [1.82, 2.24) is 19.5 Å². The fourth-order valence-electron chi connectivity index (χ4n) is 4.03. The number of nitrogens with zero attached hydrogens (tertiary/aromatic N) is 4. The molecule has 1 saturated heterocycles. The second kappa shape index (κ2) is 6.56. The minimum Gasteiger partial charge on any atom is -0.386 e. The summed E-state index contributed by atoms with van der Waals surface area (Å²) in [6.07, 6.45) is 6.09. The van der Waals surface area contributed by atoms with Gasteiger partial charge in [-0.25, -0.2) is 15.0 Å². The summed E-state index contributed by atoms with van der Waals surface area (Å²) in [4.78, 5) is 13.1. The van der Waals surface area contributed by atoms with Crippen LogP contribution >= 0.6 is 0 Å². The Bertz CT molecular complexity index is 1050. The Morgan fingerprint density at radius 3 is 2.54 bits per heavy atom. The first kappa shape index (κ1) is 17.1. The van der Waals surface area contributed by atoms with E-state index in [0.29, 0.717) is 17.0 Å². The van der Waals surface area contributed by atoms with Gasteiger partial charge in [0.2, 0.25) is 0 Å². The number of fused-ring (bicyclic) bond motifs is 2. The molecule has 2 aliphatic rings. The average molecular weight is 377 g/mol. The van der Waals surface area contributed by atoms with Crippen molar-refractivity contribution in [2.75, 3.05) is 5.32 Å². The third kappa shape index (κ3) is 2.64. The molecule has 1 aromatic carbocycles. The molecule has 3 aromatic rings. The molecule has 3 N–H and O–H groups in total. The number of imidazole rings is 1. The van der Waals surface area contributed by atoms with Crippen LogP contribution in [0.1, 0.15) is 17.4 Å². The summed E-state index contributed by atoms with van der Waals surface area (Å²) >= 11 is 0. The molecule has 3 heterocycles. The molecule has 1 fully saturated rings. The molecule has 0 unspecified atom stereocenters. The molecule has 1 aliphatic carbocycles. The summed E-state index contributed by atoms with van der Waals surface area (Å²) in [5.41, 5.74) is 3.76. The van der Waals surface area contributed by atoms with Crippen molar-refractivity contribution in [3.63, 3.8) is 0 Å². The number of ether oxygens (including phenoxy) is 1. The molecule has 5 rings (SSSR count). The van der Waals surface area contributed by atoms with Gasteiger partial charge in [-0.3, -0.25) is 4.57 Å². The lowest BCUT2D eigenvalue weighted by molar-refractivity contribution is -0.0230. The summed E-state index contributed by atoms with van der Waals surface area (Å²) in [6.45, 7) is 0. The Balaban J connectivity index is 1.43. The monoisotopic (exact) mass is 377 g/mol. The average Bonchev–Trinajstić information content (AvgIpc) is 3.38. The van der Waals surface area contributed by atoms with Crippen LogP contribution in [0.5, 0.6) is 0 Å². The molecule has 0 radical (unpaired) electrons. The van der Waals surface area contributed by atoms with E-state index in [1.54, 1.807) is 4.57 Å². The molecule has 0 amide bonds. The van der Waals surface area contributed by atoms with Crippen LogP contribution in [0.3, 0.4) is 0 Å². The van der Waals surface area contributed by atoms with Crippen LogP contribution in [-0.4, -0.2) is 54.1 Å². The third-order valence-corrected chi connectivity index (χ3v) is 5.43. The quantitative estimate of drug-likeness (QED) is 0.576. The van der Waals surface area contributed by atoms with E-state index in [2.05, 4.69) is 50.5 Å². The first-order valence-electron chi connectivity index (χ1n) is 9.14. The maximum Gasteiger partial charge on any atom is 0.167 e. The van der Waals surface area contributed by atoms with Crippen molar-refractivity contribution < 1.29 is 14.9 Å². The zero-order valence-electron chi connectivity index (χ0n) is 14.9. The van der Waals surface area contributed by atoms with Gasteiger partial charge in [-0.05, 0) is 24.0 Å². The van der Waals surface area contributed by atoms with Crippen molar-refractivity contribution in [2.45, 2.75) is 43.4 Å². The highest BCUT2D eigenvalue weighted by molar-refractivity contribution is 5.83. The van der Waals surface area contributed by atoms with Gasteiger partial charge in [0.05, 0.1) is 6.33 Å². The van der Waals surface area contributed by atoms with Crippen molar-refractivity contribution in [3.8, 4) is 12.3 Å². The van der Waals surface area contributed by atoms with Crippen LogP contribution in [0.2, 0.25) is 0 Å². The maximum absolute atomic E-state index is 10.3. The van der Waals surface area contributed by atoms with E-state index < -0.39 is 24.5 Å². The van der Waals surface area contributed by atoms with Gasteiger partial charge in [-0.1, -0.05) is 30.2 Å². The van der Waals surface area contributed by atoms with E-state index in [1.165, 1.54) is 23.8 Å². The number of aliphatic hydroxyl groups excluding tert-OH is 2. The molecule has 8 nitrogen and oxygen atoms in total. The van der Waals surface area contributed by atoms with Gasteiger partial charge in [-0.2, -0.15) is 0 Å². The smallest absolute Gasteiger partial charge is 0.167 e. The fraction of sp³-hybridized carbons (Fsp3) is 0.350.